The van der Waals surface area contributed by atoms with Gasteiger partial charge in [0.25, 0.3) is 0 Å². The minimum atomic E-state index is -1.45. The molecule has 3 aromatic rings. The van der Waals surface area contributed by atoms with Crippen LogP contribution in [0.3, 0.4) is 0 Å². The van der Waals surface area contributed by atoms with Crippen LogP contribution in [0.4, 0.5) is 9.18 Å². The Morgan fingerprint density at radius 1 is 1.16 bits per heavy atom. The summed E-state index contributed by atoms with van der Waals surface area (Å²) >= 11 is 0. The lowest BCUT2D eigenvalue weighted by molar-refractivity contribution is -0.154. The molecule has 4 atom stereocenters. The number of aliphatic carboxylic acids is 1. The first-order valence-corrected chi connectivity index (χ1v) is 16.4. The topological polar surface area (TPSA) is 168 Å². The molecule has 2 aromatic carbocycles. The van der Waals surface area contributed by atoms with Crippen LogP contribution in [0.25, 0.3) is 10.9 Å². The zero-order valence-electron chi connectivity index (χ0n) is 28.2. The Morgan fingerprint density at radius 2 is 1.92 bits per heavy atom. The van der Waals surface area contributed by atoms with Gasteiger partial charge in [0.2, 0.25) is 17.7 Å². The Morgan fingerprint density at radius 3 is 2.64 bits per heavy atom. The molecule has 1 unspecified atom stereocenters. The summed E-state index contributed by atoms with van der Waals surface area (Å²) in [5.41, 5.74) is 1.68. The fourth-order valence-electron chi connectivity index (χ4n) is 6.36. The second-order valence-corrected chi connectivity index (χ2v) is 13.5. The Bertz CT molecular complexity index is 1800. The van der Waals surface area contributed by atoms with Crippen LogP contribution in [0.2, 0.25) is 0 Å². The number of carboxylic acids is 1. The van der Waals surface area contributed by atoms with E-state index in [1.807, 2.05) is 4.57 Å². The highest BCUT2D eigenvalue weighted by molar-refractivity contribution is 5.94. The van der Waals surface area contributed by atoms with Crippen molar-refractivity contribution < 1.29 is 42.9 Å². The predicted octanol–water partition coefficient (Wildman–Crippen LogP) is 2.83. The van der Waals surface area contributed by atoms with Crippen molar-refractivity contribution in [2.75, 3.05) is 13.2 Å². The van der Waals surface area contributed by atoms with E-state index >= 15 is 0 Å². The van der Waals surface area contributed by atoms with Crippen LogP contribution in [0.15, 0.2) is 61.3 Å². The molecule has 4 amide bonds. The number of amides is 4. The van der Waals surface area contributed by atoms with Crippen LogP contribution in [-0.4, -0.2) is 87.3 Å². The lowest BCUT2D eigenvalue weighted by Gasteiger charge is -2.30. The third-order valence-corrected chi connectivity index (χ3v) is 8.53. The van der Waals surface area contributed by atoms with Crippen LogP contribution in [0.5, 0.6) is 0 Å². The summed E-state index contributed by atoms with van der Waals surface area (Å²) in [5, 5.41) is 18.9. The number of aromatic nitrogens is 1. The van der Waals surface area contributed by atoms with E-state index in [4.69, 9.17) is 9.47 Å². The molecule has 5 rings (SSSR count). The maximum atomic E-state index is 14.5. The molecule has 3 heterocycles. The maximum Gasteiger partial charge on any atom is 0.408 e. The number of carboxylic acid groups (broad SMARTS) is 1. The van der Waals surface area contributed by atoms with Gasteiger partial charge in [-0.1, -0.05) is 30.3 Å². The molecule has 1 aromatic heterocycles. The molecule has 4 N–H and O–H groups in total. The molecule has 4 bridgehead atoms. The largest absolute Gasteiger partial charge is 0.480 e. The van der Waals surface area contributed by atoms with Crippen molar-refractivity contribution >= 4 is 40.7 Å². The molecule has 13 nitrogen and oxygen atoms in total. The van der Waals surface area contributed by atoms with Crippen molar-refractivity contribution in [3.05, 3.63) is 83.8 Å². The highest BCUT2D eigenvalue weighted by atomic mass is 19.1. The first-order chi connectivity index (χ1) is 23.7. The predicted molar refractivity (Wildman–Crippen MR) is 180 cm³/mol. The van der Waals surface area contributed by atoms with Gasteiger partial charge >= 0.3 is 12.1 Å². The maximum absolute atomic E-state index is 14.5. The monoisotopic (exact) mass is 691 g/mol. The van der Waals surface area contributed by atoms with E-state index in [-0.39, 0.29) is 32.4 Å². The smallest absolute Gasteiger partial charge is 0.408 e. The van der Waals surface area contributed by atoms with Crippen LogP contribution in [0.1, 0.15) is 43.9 Å². The van der Waals surface area contributed by atoms with Gasteiger partial charge < -0.3 is 40.0 Å². The first-order valence-electron chi connectivity index (χ1n) is 16.4. The van der Waals surface area contributed by atoms with Gasteiger partial charge in [0, 0.05) is 49.6 Å². The molecule has 2 aliphatic rings. The van der Waals surface area contributed by atoms with Gasteiger partial charge in [0.05, 0.1) is 6.10 Å². The van der Waals surface area contributed by atoms with Crippen molar-refractivity contribution in [1.29, 1.82) is 0 Å². The molecule has 1 fully saturated rings. The van der Waals surface area contributed by atoms with Crippen molar-refractivity contribution in [1.82, 2.24) is 25.4 Å². The average Bonchev–Trinajstić information content (AvgIpc) is 3.62. The first kappa shape index (κ1) is 36.1. The number of nitrogens with one attached hydrogen (secondary N) is 3. The molecule has 266 valence electrons. The summed E-state index contributed by atoms with van der Waals surface area (Å²) < 4.78 is 27.5. The molecule has 0 saturated carbocycles. The zero-order valence-corrected chi connectivity index (χ0v) is 28.2. The Balaban J connectivity index is 1.57. The highest BCUT2D eigenvalue weighted by Crippen LogP contribution is 2.27. The van der Waals surface area contributed by atoms with Gasteiger partial charge in [-0.05, 0) is 62.1 Å². The molecular formula is C36H42FN5O8. The number of hydrogen-bond donors (Lipinski definition) is 4. The van der Waals surface area contributed by atoms with Crippen molar-refractivity contribution in [3.8, 4) is 0 Å². The molecule has 50 heavy (non-hydrogen) atoms. The molecule has 1 saturated heterocycles. The molecule has 0 aliphatic carbocycles. The molecule has 0 spiro atoms. The van der Waals surface area contributed by atoms with Gasteiger partial charge in [0.15, 0.2) is 6.04 Å². The fraction of sp³-hybridized carbons (Fsp3) is 0.417. The van der Waals surface area contributed by atoms with E-state index < -0.39 is 72.0 Å². The Labute approximate surface area is 288 Å². The van der Waals surface area contributed by atoms with Crippen LogP contribution in [0, 0.1) is 5.82 Å². The third-order valence-electron chi connectivity index (χ3n) is 8.53. The van der Waals surface area contributed by atoms with Crippen molar-refractivity contribution in [2.45, 2.75) is 83.0 Å². The van der Waals surface area contributed by atoms with Gasteiger partial charge in [0.1, 0.15) is 30.1 Å². The van der Waals surface area contributed by atoms with Crippen molar-refractivity contribution in [3.63, 3.8) is 0 Å². The Hall–Kier alpha value is -5.24. The highest BCUT2D eigenvalue weighted by Gasteiger charge is 2.45. The molecular weight excluding hydrogens is 649 g/mol. The lowest BCUT2D eigenvalue weighted by atomic mass is 10.0. The lowest BCUT2D eigenvalue weighted by Crippen LogP contribution is -2.58. The fourth-order valence-corrected chi connectivity index (χ4v) is 6.36. The number of fused-ring (bicyclic) bond motifs is 5. The number of carbonyl (C=O) groups is 5. The molecule has 2 aliphatic heterocycles. The van der Waals surface area contributed by atoms with E-state index in [1.165, 1.54) is 12.1 Å². The summed E-state index contributed by atoms with van der Waals surface area (Å²) in [6.07, 6.45) is 1.53. The van der Waals surface area contributed by atoms with E-state index in [9.17, 15) is 33.5 Å². The number of halogens is 1. The van der Waals surface area contributed by atoms with Crippen LogP contribution >= 0.6 is 0 Å². The number of hydrogen-bond acceptors (Lipinski definition) is 7. The number of benzene rings is 2. The second-order valence-electron chi connectivity index (χ2n) is 13.5. The van der Waals surface area contributed by atoms with E-state index in [1.54, 1.807) is 63.4 Å². The van der Waals surface area contributed by atoms with Gasteiger partial charge in [-0.25, -0.2) is 14.0 Å². The minimum absolute atomic E-state index is 0.00965. The third kappa shape index (κ3) is 8.67. The number of nitrogens with zero attached hydrogens (tertiary/aromatic N) is 2. The summed E-state index contributed by atoms with van der Waals surface area (Å²) in [4.78, 5) is 67.9. The minimum Gasteiger partial charge on any atom is -0.480 e. The van der Waals surface area contributed by atoms with E-state index in [0.717, 1.165) is 4.90 Å². The Kier molecular flexibility index (Phi) is 10.9. The summed E-state index contributed by atoms with van der Waals surface area (Å²) in [6.45, 7) is 8.89. The standard InChI is InChI=1S/C36H42FN5O8/c1-5-12-41-19-23(25-17-24(37)9-10-28(25)41)16-27-33(45)42-13-11-29(31(42)34(46)47)49-20-30(43)38-18-22-8-6-7-21(14-22)15-26(32(44)39-27)40-35(48)50-36(2,3)4/h5-10,14,17,19,26-27,29,31H,1,11-13,15-16,18,20H2,2-4H3,(H,38,43)(H,39,44)(H,40,48)(H,46,47)/t26-,27-,29?,31-/m0/s1. The zero-order chi connectivity index (χ0) is 36.2. The summed E-state index contributed by atoms with van der Waals surface area (Å²) in [6, 6.07) is 7.29. The van der Waals surface area contributed by atoms with Gasteiger partial charge in [-0.15, -0.1) is 6.58 Å². The number of rotatable bonds is 6. The van der Waals surface area contributed by atoms with Crippen LogP contribution in [-0.2, 0) is 54.6 Å². The number of ether oxygens (including phenoxy) is 2. The normalized spacial score (nSPS) is 22.0. The van der Waals surface area contributed by atoms with Crippen molar-refractivity contribution in [2.24, 2.45) is 0 Å². The quantitative estimate of drug-likeness (QED) is 0.286. The molecule has 0 radical (unpaired) electrons. The number of carbonyl (C=O) groups excluding carboxylic acids is 4. The van der Waals surface area contributed by atoms with Gasteiger partial charge in [-0.3, -0.25) is 14.4 Å². The van der Waals surface area contributed by atoms with E-state index in [2.05, 4.69) is 22.5 Å². The van der Waals surface area contributed by atoms with Crippen LogP contribution < -0.4 is 16.0 Å². The summed E-state index contributed by atoms with van der Waals surface area (Å²) in [7, 11) is 0. The number of alkyl carbamates (subject to hydrolysis) is 1. The second kappa shape index (κ2) is 15.1. The average molecular weight is 692 g/mol. The summed E-state index contributed by atoms with van der Waals surface area (Å²) in [5.74, 6) is -3.76. The SMILES string of the molecule is C=CCn1cc(C[C@@H]2NC(=O)[C@@H](NC(=O)OC(C)(C)C)Cc3cccc(c3)CNC(=O)COC3CCN(C2=O)[C@@H]3C(=O)O)c2cc(F)ccc21. The molecule has 14 heteroatoms. The van der Waals surface area contributed by atoms with Gasteiger partial charge in [-0.2, -0.15) is 0 Å². The van der Waals surface area contributed by atoms with E-state index in [0.29, 0.717) is 34.1 Å². The number of allylic oxidation sites excluding steroid dienone is 1.